The molecular weight excluding hydrogens is 244 g/mol. The van der Waals surface area contributed by atoms with Gasteiger partial charge in [0.15, 0.2) is 0 Å². The predicted octanol–water partition coefficient (Wildman–Crippen LogP) is 1.38. The molecule has 0 aromatic carbocycles. The lowest BCUT2D eigenvalue weighted by molar-refractivity contribution is -0.136. The first kappa shape index (κ1) is 12.8. The average molecular weight is 256 g/mol. The number of carboxylic acid groups (broad SMARTS) is 1. The fraction of sp³-hybridized carbons (Fsp3) is 0.231. The Balaban J connectivity index is 2.51. The fourth-order valence-electron chi connectivity index (χ4n) is 1.95. The molecule has 1 N–H and O–H groups in total. The molecule has 0 atom stereocenters. The predicted molar refractivity (Wildman–Crippen MR) is 66.9 cm³/mol. The SMILES string of the molecule is Cc1nn(-c2ccnc(C#N)c2)c(C)c1CC(=O)O. The highest BCUT2D eigenvalue weighted by Gasteiger charge is 2.15. The number of hydrogen-bond acceptors (Lipinski definition) is 4. The zero-order valence-electron chi connectivity index (χ0n) is 10.6. The number of nitriles is 1. The molecule has 6 nitrogen and oxygen atoms in total. The van der Waals surface area contributed by atoms with Gasteiger partial charge >= 0.3 is 5.97 Å². The first-order chi connectivity index (χ1) is 9.02. The summed E-state index contributed by atoms with van der Waals surface area (Å²) < 4.78 is 1.64. The topological polar surface area (TPSA) is 91.8 Å². The zero-order valence-corrected chi connectivity index (χ0v) is 10.6. The van der Waals surface area contributed by atoms with Crippen LogP contribution in [0.15, 0.2) is 18.3 Å². The van der Waals surface area contributed by atoms with Crippen molar-refractivity contribution in [2.75, 3.05) is 0 Å². The number of aryl methyl sites for hydroxylation is 1. The molecule has 96 valence electrons. The van der Waals surface area contributed by atoms with Crippen molar-refractivity contribution in [3.63, 3.8) is 0 Å². The summed E-state index contributed by atoms with van der Waals surface area (Å²) in [4.78, 5) is 14.7. The molecule has 0 aliphatic carbocycles. The molecule has 2 aromatic rings. The normalized spacial score (nSPS) is 10.2. The number of rotatable bonds is 3. The number of carboxylic acids is 1. The van der Waals surface area contributed by atoms with Crippen molar-refractivity contribution in [2.24, 2.45) is 0 Å². The van der Waals surface area contributed by atoms with Gasteiger partial charge in [-0.15, -0.1) is 0 Å². The molecule has 2 aromatic heterocycles. The Kier molecular flexibility index (Phi) is 3.29. The van der Waals surface area contributed by atoms with E-state index in [0.29, 0.717) is 22.6 Å². The van der Waals surface area contributed by atoms with Gasteiger partial charge in [0.25, 0.3) is 0 Å². The van der Waals surface area contributed by atoms with Crippen molar-refractivity contribution < 1.29 is 9.90 Å². The minimum absolute atomic E-state index is 0.0616. The molecule has 0 bridgehead atoms. The molecule has 19 heavy (non-hydrogen) atoms. The molecule has 2 heterocycles. The molecule has 0 radical (unpaired) electrons. The summed E-state index contributed by atoms with van der Waals surface area (Å²) in [6.45, 7) is 3.58. The van der Waals surface area contributed by atoms with Crippen molar-refractivity contribution in [2.45, 2.75) is 20.3 Å². The summed E-state index contributed by atoms with van der Waals surface area (Å²) in [5.41, 5.74) is 3.13. The van der Waals surface area contributed by atoms with Gasteiger partial charge < -0.3 is 5.11 Å². The monoisotopic (exact) mass is 256 g/mol. The van der Waals surface area contributed by atoms with E-state index in [9.17, 15) is 4.79 Å². The molecular formula is C13H12N4O2. The lowest BCUT2D eigenvalue weighted by atomic mass is 10.1. The molecule has 0 aliphatic heterocycles. The first-order valence-electron chi connectivity index (χ1n) is 5.66. The van der Waals surface area contributed by atoms with Crippen LogP contribution in [0.1, 0.15) is 22.6 Å². The van der Waals surface area contributed by atoms with Gasteiger partial charge in [-0.3, -0.25) is 4.79 Å². The standard InChI is InChI=1S/C13H12N4O2/c1-8-12(6-13(18)19)9(2)17(16-8)11-3-4-15-10(5-11)7-14/h3-5H,6H2,1-2H3,(H,18,19). The highest BCUT2D eigenvalue weighted by atomic mass is 16.4. The molecule has 0 aliphatic rings. The van der Waals surface area contributed by atoms with Crippen molar-refractivity contribution in [1.29, 1.82) is 5.26 Å². The second-order valence-electron chi connectivity index (χ2n) is 4.14. The number of pyridine rings is 1. The van der Waals surface area contributed by atoms with Crippen LogP contribution in [-0.4, -0.2) is 25.8 Å². The Morgan fingerprint density at radius 3 is 2.89 bits per heavy atom. The van der Waals surface area contributed by atoms with Gasteiger partial charge in [-0.05, 0) is 19.9 Å². The maximum atomic E-state index is 10.8. The smallest absolute Gasteiger partial charge is 0.307 e. The largest absolute Gasteiger partial charge is 0.481 e. The summed E-state index contributed by atoms with van der Waals surface area (Å²) in [6.07, 6.45) is 1.47. The Morgan fingerprint density at radius 2 is 2.26 bits per heavy atom. The van der Waals surface area contributed by atoms with Crippen LogP contribution in [0.5, 0.6) is 0 Å². The lowest BCUT2D eigenvalue weighted by Gasteiger charge is -2.04. The van der Waals surface area contributed by atoms with Gasteiger partial charge in [0.05, 0.1) is 17.8 Å². The van der Waals surface area contributed by atoms with E-state index in [4.69, 9.17) is 10.4 Å². The molecule has 0 saturated carbocycles. The second-order valence-corrected chi connectivity index (χ2v) is 4.14. The van der Waals surface area contributed by atoms with E-state index in [1.807, 2.05) is 13.0 Å². The number of nitrogens with zero attached hydrogens (tertiary/aromatic N) is 4. The van der Waals surface area contributed by atoms with E-state index in [0.717, 1.165) is 5.69 Å². The number of aromatic nitrogens is 3. The van der Waals surface area contributed by atoms with E-state index >= 15 is 0 Å². The third kappa shape index (κ3) is 2.45. The average Bonchev–Trinajstić information content (AvgIpc) is 2.66. The Labute approximate surface area is 109 Å². The highest BCUT2D eigenvalue weighted by Crippen LogP contribution is 2.18. The first-order valence-corrected chi connectivity index (χ1v) is 5.66. The van der Waals surface area contributed by atoms with Crippen LogP contribution in [0, 0.1) is 25.2 Å². The quantitative estimate of drug-likeness (QED) is 0.895. The molecule has 0 saturated heterocycles. The van der Waals surface area contributed by atoms with Gasteiger partial charge in [0.2, 0.25) is 0 Å². The third-order valence-corrected chi connectivity index (χ3v) is 2.87. The van der Waals surface area contributed by atoms with Gasteiger partial charge in [-0.2, -0.15) is 10.4 Å². The van der Waals surface area contributed by atoms with Crippen LogP contribution in [-0.2, 0) is 11.2 Å². The van der Waals surface area contributed by atoms with E-state index in [1.165, 1.54) is 6.20 Å². The zero-order chi connectivity index (χ0) is 14.0. The number of carbonyl (C=O) groups is 1. The van der Waals surface area contributed by atoms with Crippen LogP contribution < -0.4 is 0 Å². The van der Waals surface area contributed by atoms with Crippen LogP contribution >= 0.6 is 0 Å². The molecule has 6 heteroatoms. The van der Waals surface area contributed by atoms with Crippen LogP contribution in [0.2, 0.25) is 0 Å². The Morgan fingerprint density at radius 1 is 1.53 bits per heavy atom. The number of aliphatic carboxylic acids is 1. The second kappa shape index (κ2) is 4.90. The fourth-order valence-corrected chi connectivity index (χ4v) is 1.95. The number of hydrogen-bond donors (Lipinski definition) is 1. The maximum absolute atomic E-state index is 10.8. The Hall–Kier alpha value is -2.68. The minimum Gasteiger partial charge on any atom is -0.481 e. The summed E-state index contributed by atoms with van der Waals surface area (Å²) in [7, 11) is 0. The summed E-state index contributed by atoms with van der Waals surface area (Å²) in [5, 5.41) is 22.0. The third-order valence-electron chi connectivity index (χ3n) is 2.87. The minimum atomic E-state index is -0.891. The Bertz CT molecular complexity index is 682. The molecule has 2 rings (SSSR count). The van der Waals surface area contributed by atoms with E-state index in [2.05, 4.69) is 10.1 Å². The van der Waals surface area contributed by atoms with Crippen LogP contribution in [0.4, 0.5) is 0 Å². The lowest BCUT2D eigenvalue weighted by Crippen LogP contribution is -2.04. The van der Waals surface area contributed by atoms with Gasteiger partial charge in [-0.1, -0.05) is 0 Å². The molecule has 0 unspecified atom stereocenters. The van der Waals surface area contributed by atoms with E-state index in [-0.39, 0.29) is 6.42 Å². The summed E-state index contributed by atoms with van der Waals surface area (Å²) >= 11 is 0. The summed E-state index contributed by atoms with van der Waals surface area (Å²) in [6, 6.07) is 5.31. The summed E-state index contributed by atoms with van der Waals surface area (Å²) in [5.74, 6) is -0.891. The molecule has 0 spiro atoms. The maximum Gasteiger partial charge on any atom is 0.307 e. The van der Waals surface area contributed by atoms with Crippen molar-refractivity contribution in [3.05, 3.63) is 41.0 Å². The van der Waals surface area contributed by atoms with Crippen LogP contribution in [0.25, 0.3) is 5.69 Å². The molecule has 0 amide bonds. The van der Waals surface area contributed by atoms with Crippen molar-refractivity contribution in [3.8, 4) is 11.8 Å². The van der Waals surface area contributed by atoms with Gasteiger partial charge in [-0.25, -0.2) is 9.67 Å². The highest BCUT2D eigenvalue weighted by molar-refractivity contribution is 5.71. The van der Waals surface area contributed by atoms with Gasteiger partial charge in [0, 0.05) is 23.5 Å². The van der Waals surface area contributed by atoms with Crippen molar-refractivity contribution in [1.82, 2.24) is 14.8 Å². The van der Waals surface area contributed by atoms with Gasteiger partial charge in [0.1, 0.15) is 11.8 Å². The van der Waals surface area contributed by atoms with Crippen LogP contribution in [0.3, 0.4) is 0 Å². The molecule has 0 fully saturated rings. The van der Waals surface area contributed by atoms with E-state index in [1.54, 1.807) is 23.7 Å². The van der Waals surface area contributed by atoms with Crippen molar-refractivity contribution >= 4 is 5.97 Å². The van der Waals surface area contributed by atoms with E-state index < -0.39 is 5.97 Å².